The Bertz CT molecular complexity index is 453. The standard InChI is InChI=1S/C11H15N3O2S2/c1-6-7(2)18-11(12-6)14-10(16)8-5-17-4-3-9(15)13-8/h8H,3-5H2,1-2H3,(H,13,15)(H,12,14,16)/t8-/m0/s1. The van der Waals surface area contributed by atoms with Crippen LogP contribution < -0.4 is 10.6 Å². The smallest absolute Gasteiger partial charge is 0.249 e. The lowest BCUT2D eigenvalue weighted by Crippen LogP contribution is -2.44. The molecule has 1 atom stereocenters. The highest BCUT2D eigenvalue weighted by atomic mass is 32.2. The predicted molar refractivity (Wildman–Crippen MR) is 74.1 cm³/mol. The molecule has 98 valence electrons. The molecule has 1 aliphatic rings. The van der Waals surface area contributed by atoms with E-state index >= 15 is 0 Å². The van der Waals surface area contributed by atoms with E-state index in [0.717, 1.165) is 16.3 Å². The number of rotatable bonds is 2. The number of carbonyl (C=O) groups is 2. The summed E-state index contributed by atoms with van der Waals surface area (Å²) >= 11 is 3.06. The fourth-order valence-corrected chi connectivity index (χ4v) is 3.32. The number of amides is 2. The van der Waals surface area contributed by atoms with Crippen LogP contribution in [0.25, 0.3) is 0 Å². The molecule has 7 heteroatoms. The van der Waals surface area contributed by atoms with E-state index in [1.807, 2.05) is 13.8 Å². The number of nitrogens with one attached hydrogen (secondary N) is 2. The number of thioether (sulfide) groups is 1. The quantitative estimate of drug-likeness (QED) is 0.860. The summed E-state index contributed by atoms with van der Waals surface area (Å²) in [7, 11) is 0. The van der Waals surface area contributed by atoms with Crippen molar-refractivity contribution in [1.82, 2.24) is 10.3 Å². The van der Waals surface area contributed by atoms with Gasteiger partial charge in [-0.2, -0.15) is 11.8 Å². The summed E-state index contributed by atoms with van der Waals surface area (Å²) in [5.74, 6) is 1.13. The van der Waals surface area contributed by atoms with Crippen LogP contribution in [0.5, 0.6) is 0 Å². The van der Waals surface area contributed by atoms with E-state index in [1.54, 1.807) is 11.8 Å². The van der Waals surface area contributed by atoms with Gasteiger partial charge in [-0.05, 0) is 13.8 Å². The molecule has 0 bridgehead atoms. The Kier molecular flexibility index (Phi) is 4.23. The van der Waals surface area contributed by atoms with Crippen molar-refractivity contribution in [3.05, 3.63) is 10.6 Å². The van der Waals surface area contributed by atoms with Crippen LogP contribution in [0.4, 0.5) is 5.13 Å². The van der Waals surface area contributed by atoms with Gasteiger partial charge in [-0.1, -0.05) is 0 Å². The molecule has 1 saturated heterocycles. The summed E-state index contributed by atoms with van der Waals surface area (Å²) in [5.41, 5.74) is 0.926. The van der Waals surface area contributed by atoms with Crippen LogP contribution in [-0.2, 0) is 9.59 Å². The summed E-state index contributed by atoms with van der Waals surface area (Å²) in [6.07, 6.45) is 0.476. The number of hydrogen-bond donors (Lipinski definition) is 2. The predicted octanol–water partition coefficient (Wildman–Crippen LogP) is 1.32. The van der Waals surface area contributed by atoms with E-state index in [1.165, 1.54) is 11.3 Å². The van der Waals surface area contributed by atoms with Crippen LogP contribution in [0.15, 0.2) is 0 Å². The number of aromatic nitrogens is 1. The van der Waals surface area contributed by atoms with Crippen LogP contribution in [0, 0.1) is 13.8 Å². The third kappa shape index (κ3) is 3.23. The summed E-state index contributed by atoms with van der Waals surface area (Å²) in [6, 6.07) is -0.463. The molecular formula is C11H15N3O2S2. The maximum atomic E-state index is 12.0. The second-order valence-electron chi connectivity index (χ2n) is 4.09. The highest BCUT2D eigenvalue weighted by molar-refractivity contribution is 7.99. The topological polar surface area (TPSA) is 71.1 Å². The molecule has 0 unspecified atom stereocenters. The zero-order valence-corrected chi connectivity index (χ0v) is 11.9. The summed E-state index contributed by atoms with van der Waals surface area (Å²) in [6.45, 7) is 3.87. The van der Waals surface area contributed by atoms with Gasteiger partial charge < -0.3 is 10.6 Å². The lowest BCUT2D eigenvalue weighted by molar-refractivity contribution is -0.125. The highest BCUT2D eigenvalue weighted by Crippen LogP contribution is 2.21. The van der Waals surface area contributed by atoms with Gasteiger partial charge in [0.1, 0.15) is 6.04 Å². The molecule has 1 aliphatic heterocycles. The van der Waals surface area contributed by atoms with Gasteiger partial charge in [-0.15, -0.1) is 11.3 Å². The molecule has 2 N–H and O–H groups in total. The number of nitrogens with zero attached hydrogens (tertiary/aromatic N) is 1. The number of aryl methyl sites for hydroxylation is 2. The van der Waals surface area contributed by atoms with Crippen LogP contribution in [0.3, 0.4) is 0 Å². The third-order valence-corrected chi connectivity index (χ3v) is 4.72. The van der Waals surface area contributed by atoms with Crippen molar-refractivity contribution in [2.75, 3.05) is 16.8 Å². The molecule has 1 fully saturated rings. The van der Waals surface area contributed by atoms with Crippen LogP contribution in [-0.4, -0.2) is 34.3 Å². The average Bonchev–Trinajstić information content (AvgIpc) is 2.53. The average molecular weight is 285 g/mol. The van der Waals surface area contributed by atoms with E-state index < -0.39 is 6.04 Å². The fourth-order valence-electron chi connectivity index (χ4n) is 1.53. The van der Waals surface area contributed by atoms with Gasteiger partial charge in [0, 0.05) is 22.8 Å². The minimum atomic E-state index is -0.463. The Morgan fingerprint density at radius 1 is 1.50 bits per heavy atom. The minimum absolute atomic E-state index is 0.0633. The Labute approximate surface area is 114 Å². The second-order valence-corrected chi connectivity index (χ2v) is 6.45. The van der Waals surface area contributed by atoms with Gasteiger partial charge in [0.15, 0.2) is 5.13 Å². The van der Waals surface area contributed by atoms with E-state index in [-0.39, 0.29) is 11.8 Å². The first-order chi connectivity index (χ1) is 8.56. The lowest BCUT2D eigenvalue weighted by Gasteiger charge is -2.13. The number of carbonyl (C=O) groups excluding carboxylic acids is 2. The first kappa shape index (κ1) is 13.4. The molecule has 0 spiro atoms. The summed E-state index contributed by atoms with van der Waals surface area (Å²) in [5, 5.41) is 6.08. The van der Waals surface area contributed by atoms with E-state index in [4.69, 9.17) is 0 Å². The molecule has 0 aliphatic carbocycles. The molecular weight excluding hydrogens is 270 g/mol. The fraction of sp³-hybridized carbons (Fsp3) is 0.545. The molecule has 2 heterocycles. The molecule has 2 amide bonds. The molecule has 0 radical (unpaired) electrons. The van der Waals surface area contributed by atoms with Crippen molar-refractivity contribution in [2.45, 2.75) is 26.3 Å². The molecule has 5 nitrogen and oxygen atoms in total. The van der Waals surface area contributed by atoms with Crippen molar-refractivity contribution >= 4 is 40.0 Å². The van der Waals surface area contributed by atoms with E-state index in [0.29, 0.717) is 17.3 Å². The minimum Gasteiger partial charge on any atom is -0.343 e. The zero-order valence-electron chi connectivity index (χ0n) is 10.3. The van der Waals surface area contributed by atoms with Crippen molar-refractivity contribution in [3.8, 4) is 0 Å². The first-order valence-corrected chi connectivity index (χ1v) is 7.65. The second kappa shape index (κ2) is 5.71. The molecule has 1 aromatic heterocycles. The molecule has 2 rings (SSSR count). The normalized spacial score (nSPS) is 20.1. The number of thiazole rings is 1. The van der Waals surface area contributed by atoms with E-state index in [9.17, 15) is 9.59 Å². The van der Waals surface area contributed by atoms with Crippen LogP contribution in [0.1, 0.15) is 17.0 Å². The molecule has 1 aromatic rings. The summed E-state index contributed by atoms with van der Waals surface area (Å²) < 4.78 is 0. The summed E-state index contributed by atoms with van der Waals surface area (Å²) in [4.78, 5) is 28.7. The zero-order chi connectivity index (χ0) is 13.1. The van der Waals surface area contributed by atoms with Crippen molar-refractivity contribution in [1.29, 1.82) is 0 Å². The lowest BCUT2D eigenvalue weighted by atomic mass is 10.3. The first-order valence-electron chi connectivity index (χ1n) is 5.68. The van der Waals surface area contributed by atoms with Gasteiger partial charge in [0.25, 0.3) is 0 Å². The largest absolute Gasteiger partial charge is 0.343 e. The highest BCUT2D eigenvalue weighted by Gasteiger charge is 2.24. The van der Waals surface area contributed by atoms with Crippen molar-refractivity contribution in [3.63, 3.8) is 0 Å². The SMILES string of the molecule is Cc1nc(NC(=O)[C@@H]2CSCCC(=O)N2)sc1C. The molecule has 18 heavy (non-hydrogen) atoms. The Morgan fingerprint density at radius 3 is 2.94 bits per heavy atom. The molecule has 0 saturated carbocycles. The third-order valence-electron chi connectivity index (χ3n) is 2.67. The molecule has 0 aromatic carbocycles. The number of hydrogen-bond acceptors (Lipinski definition) is 5. The maximum Gasteiger partial charge on any atom is 0.249 e. The van der Waals surface area contributed by atoms with Crippen molar-refractivity contribution < 1.29 is 9.59 Å². The van der Waals surface area contributed by atoms with Gasteiger partial charge in [-0.3, -0.25) is 9.59 Å². The monoisotopic (exact) mass is 285 g/mol. The maximum absolute atomic E-state index is 12.0. The number of anilines is 1. The Balaban J connectivity index is 2.00. The Hall–Kier alpha value is -1.08. The van der Waals surface area contributed by atoms with E-state index in [2.05, 4.69) is 15.6 Å². The van der Waals surface area contributed by atoms with Crippen LogP contribution in [0.2, 0.25) is 0 Å². The van der Waals surface area contributed by atoms with Gasteiger partial charge in [0.2, 0.25) is 11.8 Å². The van der Waals surface area contributed by atoms with Crippen LogP contribution >= 0.6 is 23.1 Å². The van der Waals surface area contributed by atoms with Gasteiger partial charge in [0.05, 0.1) is 5.69 Å². The Morgan fingerprint density at radius 2 is 2.28 bits per heavy atom. The van der Waals surface area contributed by atoms with Gasteiger partial charge in [-0.25, -0.2) is 4.98 Å². The van der Waals surface area contributed by atoms with Gasteiger partial charge >= 0.3 is 0 Å². The van der Waals surface area contributed by atoms with Crippen molar-refractivity contribution in [2.24, 2.45) is 0 Å².